The second-order valence-corrected chi connectivity index (χ2v) is 3.44. The van der Waals surface area contributed by atoms with E-state index in [1.807, 2.05) is 6.07 Å². The number of carboxylic acids is 1. The summed E-state index contributed by atoms with van der Waals surface area (Å²) in [6.45, 7) is 0. The smallest absolute Gasteiger partial charge is 0.337 e. The van der Waals surface area contributed by atoms with Crippen molar-refractivity contribution in [1.82, 2.24) is 15.0 Å². The van der Waals surface area contributed by atoms with Crippen molar-refractivity contribution < 1.29 is 9.90 Å². The van der Waals surface area contributed by atoms with Crippen molar-refractivity contribution in [1.29, 1.82) is 0 Å². The van der Waals surface area contributed by atoms with E-state index in [1.165, 1.54) is 6.33 Å². The molecule has 0 bridgehead atoms. The fraction of sp³-hybridized carbons (Fsp3) is 0. The summed E-state index contributed by atoms with van der Waals surface area (Å²) in [5, 5.41) is 10.7. The zero-order valence-corrected chi connectivity index (χ0v) is 8.14. The number of nitrogens with one attached hydrogen (secondary N) is 1. The van der Waals surface area contributed by atoms with E-state index in [1.54, 1.807) is 18.3 Å². The second-order valence-electron chi connectivity index (χ2n) is 3.44. The van der Waals surface area contributed by atoms with Crippen LogP contribution in [0.15, 0.2) is 30.7 Å². The third-order valence-electron chi connectivity index (χ3n) is 2.54. The van der Waals surface area contributed by atoms with Crippen LogP contribution >= 0.6 is 0 Å². The van der Waals surface area contributed by atoms with Crippen LogP contribution in [-0.4, -0.2) is 26.0 Å². The van der Waals surface area contributed by atoms with Crippen molar-refractivity contribution in [3.05, 3.63) is 36.3 Å². The van der Waals surface area contributed by atoms with E-state index in [0.29, 0.717) is 11.2 Å². The molecule has 78 valence electrons. The van der Waals surface area contributed by atoms with Crippen molar-refractivity contribution >= 4 is 27.9 Å². The minimum Gasteiger partial charge on any atom is -0.478 e. The quantitative estimate of drug-likeness (QED) is 0.646. The Morgan fingerprint density at radius 1 is 1.31 bits per heavy atom. The molecule has 0 saturated heterocycles. The molecule has 2 heterocycles. The molecule has 3 aromatic rings. The summed E-state index contributed by atoms with van der Waals surface area (Å²) in [6.07, 6.45) is 3.10. The summed E-state index contributed by atoms with van der Waals surface area (Å²) in [4.78, 5) is 22.0. The fourth-order valence-corrected chi connectivity index (χ4v) is 1.83. The van der Waals surface area contributed by atoms with Gasteiger partial charge in [-0.1, -0.05) is 12.1 Å². The summed E-state index contributed by atoms with van der Waals surface area (Å²) in [7, 11) is 0. The van der Waals surface area contributed by atoms with Crippen LogP contribution in [0, 0.1) is 0 Å². The van der Waals surface area contributed by atoms with Crippen LogP contribution in [0.1, 0.15) is 10.4 Å². The largest absolute Gasteiger partial charge is 0.478 e. The van der Waals surface area contributed by atoms with Crippen LogP contribution in [0.5, 0.6) is 0 Å². The number of hydrogen-bond acceptors (Lipinski definition) is 3. The first kappa shape index (κ1) is 8.84. The van der Waals surface area contributed by atoms with Crippen molar-refractivity contribution in [2.24, 2.45) is 0 Å². The molecular formula is C11H7N3O2. The Labute approximate surface area is 89.8 Å². The van der Waals surface area contributed by atoms with Crippen molar-refractivity contribution in [3.8, 4) is 0 Å². The molecule has 0 radical (unpaired) electrons. The predicted octanol–water partition coefficient (Wildman–Crippen LogP) is 1.81. The predicted molar refractivity (Wildman–Crippen MR) is 58.4 cm³/mol. The molecule has 0 amide bonds. The third-order valence-corrected chi connectivity index (χ3v) is 2.54. The number of carboxylic acid groups (broad SMARTS) is 1. The Morgan fingerprint density at radius 3 is 3.00 bits per heavy atom. The minimum atomic E-state index is -0.954. The zero-order valence-electron chi connectivity index (χ0n) is 8.14. The fourth-order valence-electron chi connectivity index (χ4n) is 1.83. The van der Waals surface area contributed by atoms with Crippen molar-refractivity contribution in [2.45, 2.75) is 0 Å². The Bertz CT molecular complexity index is 703. The summed E-state index contributed by atoms with van der Waals surface area (Å²) in [6, 6.07) is 5.13. The maximum absolute atomic E-state index is 11.0. The lowest BCUT2D eigenvalue weighted by Gasteiger charge is -1.95. The Kier molecular flexibility index (Phi) is 1.67. The monoisotopic (exact) mass is 213 g/mol. The molecule has 0 spiro atoms. The number of nitrogens with zero attached hydrogens (tertiary/aromatic N) is 2. The van der Waals surface area contributed by atoms with E-state index in [-0.39, 0.29) is 5.56 Å². The lowest BCUT2D eigenvalue weighted by Crippen LogP contribution is -1.96. The molecule has 2 N–H and O–H groups in total. The molecule has 0 atom stereocenters. The summed E-state index contributed by atoms with van der Waals surface area (Å²) in [5.74, 6) is -0.954. The first-order valence-corrected chi connectivity index (χ1v) is 4.71. The first-order chi connectivity index (χ1) is 7.77. The normalized spacial score (nSPS) is 11.0. The highest BCUT2D eigenvalue weighted by atomic mass is 16.4. The standard InChI is InChI=1S/C11H7N3O2/c15-11(16)7-3-1-2-6-8-4-12-5-13-10(8)14-9(6)7/h1-5H,(H,15,16)(H,12,13,14). The number of hydrogen-bond donors (Lipinski definition) is 2. The molecule has 2 aromatic heterocycles. The number of para-hydroxylation sites is 1. The van der Waals surface area contributed by atoms with Gasteiger partial charge in [-0.05, 0) is 6.07 Å². The highest BCUT2D eigenvalue weighted by Gasteiger charge is 2.12. The molecule has 1 aromatic carbocycles. The molecule has 5 heteroatoms. The average molecular weight is 213 g/mol. The molecule has 0 fully saturated rings. The van der Waals surface area contributed by atoms with Gasteiger partial charge in [-0.15, -0.1) is 0 Å². The lowest BCUT2D eigenvalue weighted by molar-refractivity contribution is 0.0699. The Balaban J connectivity index is 2.54. The lowest BCUT2D eigenvalue weighted by atomic mass is 10.1. The maximum atomic E-state index is 11.0. The number of aromatic amines is 1. The van der Waals surface area contributed by atoms with Gasteiger partial charge in [-0.25, -0.2) is 14.8 Å². The first-order valence-electron chi connectivity index (χ1n) is 4.71. The molecule has 3 rings (SSSR count). The highest BCUT2D eigenvalue weighted by Crippen LogP contribution is 2.25. The van der Waals surface area contributed by atoms with Gasteiger partial charge in [0.2, 0.25) is 0 Å². The van der Waals surface area contributed by atoms with E-state index >= 15 is 0 Å². The Hall–Kier alpha value is -2.43. The van der Waals surface area contributed by atoms with Crippen molar-refractivity contribution in [3.63, 3.8) is 0 Å². The van der Waals surface area contributed by atoms with Crippen LogP contribution < -0.4 is 0 Å². The molecule has 0 aliphatic rings. The number of fused-ring (bicyclic) bond motifs is 3. The van der Waals surface area contributed by atoms with Crippen LogP contribution in [0.4, 0.5) is 0 Å². The van der Waals surface area contributed by atoms with Crippen molar-refractivity contribution in [2.75, 3.05) is 0 Å². The van der Waals surface area contributed by atoms with Gasteiger partial charge in [-0.2, -0.15) is 0 Å². The van der Waals surface area contributed by atoms with E-state index in [9.17, 15) is 4.79 Å². The van der Waals surface area contributed by atoms with Gasteiger partial charge in [0.25, 0.3) is 0 Å². The number of aromatic carboxylic acids is 1. The van der Waals surface area contributed by atoms with E-state index < -0.39 is 5.97 Å². The summed E-state index contributed by atoms with van der Waals surface area (Å²) in [5.41, 5.74) is 1.49. The molecule has 0 unspecified atom stereocenters. The van der Waals surface area contributed by atoms with Gasteiger partial charge in [0.1, 0.15) is 12.0 Å². The summed E-state index contributed by atoms with van der Waals surface area (Å²) < 4.78 is 0. The van der Waals surface area contributed by atoms with Gasteiger partial charge >= 0.3 is 5.97 Å². The molecule has 0 aliphatic carbocycles. The van der Waals surface area contributed by atoms with Gasteiger partial charge in [-0.3, -0.25) is 0 Å². The SMILES string of the molecule is O=C(O)c1cccc2c1[nH]c1ncncc12. The van der Waals surface area contributed by atoms with Gasteiger partial charge in [0.05, 0.1) is 11.1 Å². The average Bonchev–Trinajstić information content (AvgIpc) is 2.67. The number of benzene rings is 1. The van der Waals surface area contributed by atoms with E-state index in [2.05, 4.69) is 15.0 Å². The van der Waals surface area contributed by atoms with E-state index in [0.717, 1.165) is 10.8 Å². The third kappa shape index (κ3) is 1.08. The topological polar surface area (TPSA) is 78.9 Å². The zero-order chi connectivity index (χ0) is 11.1. The van der Waals surface area contributed by atoms with E-state index in [4.69, 9.17) is 5.11 Å². The maximum Gasteiger partial charge on any atom is 0.337 e. The molecule has 0 aliphatic heterocycles. The van der Waals surface area contributed by atoms with Crippen LogP contribution in [0.2, 0.25) is 0 Å². The molecule has 0 saturated carbocycles. The minimum absolute atomic E-state index is 0.246. The van der Waals surface area contributed by atoms with Crippen LogP contribution in [0.3, 0.4) is 0 Å². The number of H-pyrrole nitrogens is 1. The number of aromatic nitrogens is 3. The molecular weight excluding hydrogens is 206 g/mol. The number of carbonyl (C=O) groups is 1. The summed E-state index contributed by atoms with van der Waals surface area (Å²) >= 11 is 0. The molecule has 5 nitrogen and oxygen atoms in total. The Morgan fingerprint density at radius 2 is 2.19 bits per heavy atom. The second kappa shape index (κ2) is 3.03. The molecule has 16 heavy (non-hydrogen) atoms. The highest BCUT2D eigenvalue weighted by molar-refractivity contribution is 6.12. The number of rotatable bonds is 1. The van der Waals surface area contributed by atoms with Gasteiger partial charge in [0, 0.05) is 17.0 Å². The van der Waals surface area contributed by atoms with Crippen LogP contribution in [0.25, 0.3) is 21.9 Å². The van der Waals surface area contributed by atoms with Crippen LogP contribution in [-0.2, 0) is 0 Å². The van der Waals surface area contributed by atoms with Gasteiger partial charge < -0.3 is 10.1 Å². The van der Waals surface area contributed by atoms with Gasteiger partial charge in [0.15, 0.2) is 0 Å².